The van der Waals surface area contributed by atoms with E-state index in [0.717, 1.165) is 5.56 Å². The number of hydrogen-bond acceptors (Lipinski definition) is 8. The summed E-state index contributed by atoms with van der Waals surface area (Å²) in [4.78, 5) is 36.3. The zero-order valence-corrected chi connectivity index (χ0v) is 23.6. The number of aromatic nitrogens is 3. The predicted octanol–water partition coefficient (Wildman–Crippen LogP) is 2.79. The summed E-state index contributed by atoms with van der Waals surface area (Å²) in [5.74, 6) is -2.20. The summed E-state index contributed by atoms with van der Waals surface area (Å²) in [7, 11) is 1.27. The Kier molecular flexibility index (Phi) is 7.67. The van der Waals surface area contributed by atoms with Crippen LogP contribution in [-0.2, 0) is 4.79 Å². The minimum atomic E-state index is -1.08. The molecule has 4 N–H and O–H groups in total. The first-order valence-corrected chi connectivity index (χ1v) is 14.0. The third-order valence-electron chi connectivity index (χ3n) is 7.95. The van der Waals surface area contributed by atoms with Gasteiger partial charge in [-0.15, -0.1) is 0 Å². The number of benzene rings is 2. The average molecular weight is 592 g/mol. The summed E-state index contributed by atoms with van der Waals surface area (Å²) in [5, 5.41) is 19.0. The SMILES string of the molecule is COc1ccc(-c2cnc3c(Nc4ccc(C(=O)N[C@H]5CCN(C(=O)[C@@H]6C[C@@H](O)CN6)C5)c(C)c4)nccn23)c(F)c1F. The minimum absolute atomic E-state index is 0.0258. The zero-order chi connectivity index (χ0) is 30.2. The topological polar surface area (TPSA) is 133 Å². The van der Waals surface area contributed by atoms with Crippen LogP contribution in [0.25, 0.3) is 16.9 Å². The number of aliphatic hydroxyl groups is 1. The number of rotatable bonds is 7. The fraction of sp³-hybridized carbons (Fsp3) is 0.333. The molecule has 2 aromatic heterocycles. The van der Waals surface area contributed by atoms with Gasteiger partial charge in [0.15, 0.2) is 23.0 Å². The van der Waals surface area contributed by atoms with Crippen LogP contribution in [0, 0.1) is 18.6 Å². The van der Waals surface area contributed by atoms with Gasteiger partial charge in [-0.05, 0) is 55.7 Å². The van der Waals surface area contributed by atoms with E-state index in [1.54, 1.807) is 27.6 Å². The van der Waals surface area contributed by atoms with Crippen LogP contribution < -0.4 is 20.7 Å². The molecule has 13 heteroatoms. The first-order chi connectivity index (χ1) is 20.7. The van der Waals surface area contributed by atoms with Crippen LogP contribution in [0.2, 0.25) is 0 Å². The number of imidazole rings is 1. The number of methoxy groups -OCH3 is 1. The lowest BCUT2D eigenvalue weighted by atomic mass is 10.1. The van der Waals surface area contributed by atoms with Crippen molar-refractivity contribution in [2.45, 2.75) is 38.0 Å². The van der Waals surface area contributed by atoms with Crippen LogP contribution in [0.1, 0.15) is 28.8 Å². The van der Waals surface area contributed by atoms with Crippen molar-refractivity contribution in [2.24, 2.45) is 0 Å². The van der Waals surface area contributed by atoms with Crippen LogP contribution in [0.15, 0.2) is 48.9 Å². The first kappa shape index (κ1) is 28.5. The van der Waals surface area contributed by atoms with E-state index in [1.807, 2.05) is 13.0 Å². The molecule has 2 aliphatic heterocycles. The number of nitrogens with zero attached hydrogens (tertiary/aromatic N) is 4. The van der Waals surface area contributed by atoms with Gasteiger partial charge in [-0.1, -0.05) is 0 Å². The second-order valence-corrected chi connectivity index (χ2v) is 10.8. The lowest BCUT2D eigenvalue weighted by Crippen LogP contribution is -2.44. The summed E-state index contributed by atoms with van der Waals surface area (Å²) in [6.07, 6.45) is 5.11. The highest BCUT2D eigenvalue weighted by Gasteiger charge is 2.35. The number of likely N-dealkylation sites (tertiary alicyclic amines) is 1. The molecular weight excluding hydrogens is 560 g/mol. The Morgan fingerprint density at radius 1 is 1.16 bits per heavy atom. The molecule has 0 saturated carbocycles. The number of carbonyl (C=O) groups excluding carboxylic acids is 2. The molecule has 224 valence electrons. The van der Waals surface area contributed by atoms with Gasteiger partial charge in [-0.2, -0.15) is 4.39 Å². The van der Waals surface area contributed by atoms with E-state index in [2.05, 4.69) is 25.9 Å². The standard InChI is InChI=1S/C30H31F2N7O4/c1-16-11-17(3-4-20(16)29(41)37-18-7-9-38(15-18)30(42)22-12-19(40)13-34-22)36-27-28-35-14-23(39(28)10-8-33-27)21-5-6-24(43-2)26(32)25(21)31/h3-6,8,10-11,14,18-19,22,34,40H,7,9,12-13,15H2,1-2H3,(H,33,36)(H,37,41)/t18-,19+,22-/m0/s1. The molecule has 4 heterocycles. The van der Waals surface area contributed by atoms with E-state index in [0.29, 0.717) is 60.9 Å². The Balaban J connectivity index is 1.14. The Bertz CT molecular complexity index is 1710. The Hall–Kier alpha value is -4.62. The van der Waals surface area contributed by atoms with E-state index in [1.165, 1.54) is 31.6 Å². The lowest BCUT2D eigenvalue weighted by molar-refractivity contribution is -0.132. The largest absolute Gasteiger partial charge is 0.494 e. The van der Waals surface area contributed by atoms with E-state index in [4.69, 9.17) is 4.74 Å². The average Bonchev–Trinajstić information content (AvgIpc) is 3.75. The lowest BCUT2D eigenvalue weighted by Gasteiger charge is -2.21. The van der Waals surface area contributed by atoms with Crippen molar-refractivity contribution in [2.75, 3.05) is 32.1 Å². The van der Waals surface area contributed by atoms with Crippen LogP contribution >= 0.6 is 0 Å². The van der Waals surface area contributed by atoms with Crippen LogP contribution in [0.4, 0.5) is 20.3 Å². The smallest absolute Gasteiger partial charge is 0.251 e. The third-order valence-corrected chi connectivity index (χ3v) is 7.95. The number of nitrogens with one attached hydrogen (secondary N) is 3. The summed E-state index contributed by atoms with van der Waals surface area (Å²) < 4.78 is 35.6. The molecule has 11 nitrogen and oxygen atoms in total. The predicted molar refractivity (Wildman–Crippen MR) is 154 cm³/mol. The van der Waals surface area contributed by atoms with Gasteiger partial charge in [0, 0.05) is 54.9 Å². The maximum absolute atomic E-state index is 14.8. The van der Waals surface area contributed by atoms with Crippen molar-refractivity contribution in [1.29, 1.82) is 0 Å². The van der Waals surface area contributed by atoms with Gasteiger partial charge in [0.1, 0.15) is 0 Å². The first-order valence-electron chi connectivity index (χ1n) is 14.0. The monoisotopic (exact) mass is 591 g/mol. The molecule has 6 rings (SSSR count). The van der Waals surface area contributed by atoms with Crippen LogP contribution in [0.3, 0.4) is 0 Å². The summed E-state index contributed by atoms with van der Waals surface area (Å²) in [6.45, 7) is 3.21. The summed E-state index contributed by atoms with van der Waals surface area (Å²) in [6, 6.07) is 7.51. The molecule has 2 aliphatic rings. The highest BCUT2D eigenvalue weighted by Crippen LogP contribution is 2.31. The Morgan fingerprint density at radius 3 is 2.74 bits per heavy atom. The van der Waals surface area contributed by atoms with Gasteiger partial charge < -0.3 is 30.7 Å². The van der Waals surface area contributed by atoms with E-state index < -0.39 is 17.7 Å². The molecule has 2 saturated heterocycles. The summed E-state index contributed by atoms with van der Waals surface area (Å²) in [5.41, 5.74) is 2.65. The summed E-state index contributed by atoms with van der Waals surface area (Å²) >= 11 is 0. The van der Waals surface area contributed by atoms with Crippen LogP contribution in [0.5, 0.6) is 5.75 Å². The molecule has 4 aromatic rings. The maximum Gasteiger partial charge on any atom is 0.251 e. The highest BCUT2D eigenvalue weighted by molar-refractivity contribution is 5.96. The van der Waals surface area contributed by atoms with Gasteiger partial charge >= 0.3 is 0 Å². The number of carbonyl (C=O) groups is 2. The van der Waals surface area contributed by atoms with E-state index in [-0.39, 0.29) is 35.2 Å². The van der Waals surface area contributed by atoms with Gasteiger partial charge in [0.2, 0.25) is 11.7 Å². The van der Waals surface area contributed by atoms with Crippen molar-refractivity contribution in [3.8, 4) is 17.0 Å². The van der Waals surface area contributed by atoms with Gasteiger partial charge in [-0.25, -0.2) is 14.4 Å². The van der Waals surface area contributed by atoms with Crippen LogP contribution in [-0.4, -0.2) is 81.1 Å². The number of anilines is 2. The number of halogens is 2. The number of fused-ring (bicyclic) bond motifs is 1. The number of β-amino-alcohol motifs (C(OH)–C–C–N with tert-alkyl or cyclic N) is 1. The number of aliphatic hydroxyl groups excluding tert-OH is 1. The number of amides is 2. The van der Waals surface area contributed by atoms with Gasteiger partial charge in [0.05, 0.1) is 31.1 Å². The molecule has 0 spiro atoms. The van der Waals surface area contributed by atoms with E-state index >= 15 is 0 Å². The Labute approximate surface area is 245 Å². The number of aryl methyl sites for hydroxylation is 1. The van der Waals surface area contributed by atoms with Crippen molar-refractivity contribution in [1.82, 2.24) is 29.9 Å². The zero-order valence-electron chi connectivity index (χ0n) is 23.6. The molecule has 3 atom stereocenters. The van der Waals surface area contributed by atoms with Crippen molar-refractivity contribution >= 4 is 29.0 Å². The second kappa shape index (κ2) is 11.6. The molecule has 0 unspecified atom stereocenters. The van der Waals surface area contributed by atoms with Gasteiger partial charge in [-0.3, -0.25) is 14.0 Å². The van der Waals surface area contributed by atoms with E-state index in [9.17, 15) is 23.5 Å². The fourth-order valence-corrected chi connectivity index (χ4v) is 5.69. The maximum atomic E-state index is 14.8. The number of ether oxygens (including phenoxy) is 1. The van der Waals surface area contributed by atoms with Crippen molar-refractivity contribution in [3.05, 3.63) is 71.7 Å². The highest BCUT2D eigenvalue weighted by atomic mass is 19.2. The van der Waals surface area contributed by atoms with Crippen molar-refractivity contribution < 1.29 is 28.2 Å². The molecule has 0 aliphatic carbocycles. The third kappa shape index (κ3) is 5.48. The quantitative estimate of drug-likeness (QED) is 0.258. The molecule has 2 aromatic carbocycles. The molecule has 2 amide bonds. The van der Waals surface area contributed by atoms with Crippen molar-refractivity contribution in [3.63, 3.8) is 0 Å². The normalized spacial score (nSPS) is 20.0. The molecule has 0 bridgehead atoms. The fourth-order valence-electron chi connectivity index (χ4n) is 5.69. The number of hydrogen-bond donors (Lipinski definition) is 4. The van der Waals surface area contributed by atoms with Gasteiger partial charge in [0.25, 0.3) is 5.91 Å². The molecule has 43 heavy (non-hydrogen) atoms. The molecule has 0 radical (unpaired) electrons. The second-order valence-electron chi connectivity index (χ2n) is 10.8. The molecule has 2 fully saturated rings. The Morgan fingerprint density at radius 2 is 2.00 bits per heavy atom. The minimum Gasteiger partial charge on any atom is -0.494 e. The molecular formula is C30H31F2N7O4.